The van der Waals surface area contributed by atoms with E-state index in [9.17, 15) is 14.4 Å². The number of carbonyl (C=O) groups excluding carboxylic acids is 3. The predicted octanol–water partition coefficient (Wildman–Crippen LogP) is 11.9. The van der Waals surface area contributed by atoms with Crippen LogP contribution in [-0.4, -0.2) is 55.8 Å². The summed E-state index contributed by atoms with van der Waals surface area (Å²) >= 11 is 3.45. The van der Waals surface area contributed by atoms with E-state index >= 15 is 0 Å². The second-order valence-corrected chi connectivity index (χ2v) is 19.4. The van der Waals surface area contributed by atoms with Crippen LogP contribution in [0.2, 0.25) is 0 Å². The van der Waals surface area contributed by atoms with Crippen molar-refractivity contribution in [1.82, 2.24) is 25.0 Å². The van der Waals surface area contributed by atoms with Crippen LogP contribution in [-0.2, 0) is 23.9 Å². The number of ether oxygens (including phenoxy) is 2. The largest absolute Gasteiger partial charge is 0.466 e. The molecule has 0 spiro atoms. The highest BCUT2D eigenvalue weighted by Crippen LogP contribution is 2.62. The third kappa shape index (κ3) is 11.0. The van der Waals surface area contributed by atoms with Crippen molar-refractivity contribution in [2.45, 2.75) is 63.2 Å². The van der Waals surface area contributed by atoms with E-state index < -0.39 is 0 Å². The van der Waals surface area contributed by atoms with Crippen LogP contribution in [0.25, 0.3) is 11.4 Å². The number of aryl methyl sites for hydroxylation is 2. The van der Waals surface area contributed by atoms with Gasteiger partial charge in [0.25, 0.3) is 0 Å². The van der Waals surface area contributed by atoms with Gasteiger partial charge in [0, 0.05) is 52.4 Å². The molecule has 3 aliphatic carbocycles. The molecular formula is C60H58BrN5O6. The molecule has 2 aromatic heterocycles. The molecule has 72 heavy (non-hydrogen) atoms. The smallest absolute Gasteiger partial charge is 0.310 e. The number of benzene rings is 6. The maximum Gasteiger partial charge on any atom is 0.310 e. The van der Waals surface area contributed by atoms with Crippen LogP contribution in [0.3, 0.4) is 0 Å². The molecule has 9 atom stereocenters. The van der Waals surface area contributed by atoms with Crippen LogP contribution >= 0.6 is 15.9 Å². The number of hydrogen-bond donors (Lipinski definition) is 2. The molecular weight excluding hydrogens is 967 g/mol. The standard InChI is InChI=1S/C22H22N2O2.C20H19N3O2.C18H17BrO2/c1-3-26-22(25)21-19(16-7-5-4-6-8-16)20(21)17-9-11-18(12-10-17)24-14-13-15(2)23-24;1-13-11-12-23(21-13)16-9-7-15(8-10-16)18-17(19(18)20(24)22-25)14-5-3-2-4-6-14;1-2-21-18(20)17-15(12-6-4-3-5-7-12)16(17)13-8-10-14(19)11-9-13/h4-14,19-21H,3H2,1-2H3;2-12,17-19,25H,1H3,(H,22,24);3-11,15-17H,2H2,1H3/t19-,20-,21-;17-,18-,19-;15-,16-,17-/m111/s1. The minimum atomic E-state index is -0.328. The molecule has 0 aliphatic heterocycles. The molecule has 6 aromatic carbocycles. The van der Waals surface area contributed by atoms with Gasteiger partial charge in [0.1, 0.15) is 0 Å². The number of hydroxylamine groups is 1. The second kappa shape index (κ2) is 22.3. The Morgan fingerprint density at radius 3 is 1.07 bits per heavy atom. The Balaban J connectivity index is 0.000000134. The van der Waals surface area contributed by atoms with Gasteiger partial charge in [0.15, 0.2) is 0 Å². The van der Waals surface area contributed by atoms with Crippen LogP contribution in [0.5, 0.6) is 0 Å². The second-order valence-electron chi connectivity index (χ2n) is 18.5. The number of halogens is 1. The minimum Gasteiger partial charge on any atom is -0.466 e. The van der Waals surface area contributed by atoms with Gasteiger partial charge in [-0.15, -0.1) is 0 Å². The molecule has 0 radical (unpaired) electrons. The van der Waals surface area contributed by atoms with Gasteiger partial charge in [-0.2, -0.15) is 10.2 Å². The zero-order valence-electron chi connectivity index (χ0n) is 40.7. The Morgan fingerprint density at radius 1 is 0.472 bits per heavy atom. The molecule has 366 valence electrons. The van der Waals surface area contributed by atoms with Gasteiger partial charge in [-0.1, -0.05) is 143 Å². The Hall–Kier alpha value is -7.41. The monoisotopic (exact) mass is 1020 g/mol. The van der Waals surface area contributed by atoms with Crippen molar-refractivity contribution in [3.8, 4) is 11.4 Å². The third-order valence-electron chi connectivity index (χ3n) is 13.9. The quantitative estimate of drug-likeness (QED) is 0.0662. The van der Waals surface area contributed by atoms with E-state index in [0.717, 1.165) is 38.4 Å². The van der Waals surface area contributed by atoms with Crippen LogP contribution in [0.15, 0.2) is 193 Å². The van der Waals surface area contributed by atoms with Gasteiger partial charge in [0.05, 0.1) is 53.7 Å². The van der Waals surface area contributed by atoms with Gasteiger partial charge >= 0.3 is 11.9 Å². The molecule has 3 aliphatic rings. The van der Waals surface area contributed by atoms with Gasteiger partial charge in [-0.25, -0.2) is 14.8 Å². The maximum atomic E-state index is 12.4. The van der Waals surface area contributed by atoms with Gasteiger partial charge in [-0.05, 0) is 110 Å². The molecule has 11 rings (SSSR count). The van der Waals surface area contributed by atoms with E-state index in [-0.39, 0.29) is 71.1 Å². The molecule has 0 unspecified atom stereocenters. The van der Waals surface area contributed by atoms with Gasteiger partial charge < -0.3 is 9.47 Å². The zero-order chi connectivity index (χ0) is 50.3. The molecule has 2 N–H and O–H groups in total. The van der Waals surface area contributed by atoms with E-state index in [2.05, 4.69) is 86.8 Å². The normalized spacial score (nSPS) is 22.2. The number of aromatic nitrogens is 4. The average Bonchev–Trinajstić information content (AvgIpc) is 4.37. The number of carbonyl (C=O) groups is 3. The SMILES string of the molecule is CCOC(=O)[C@@H]1[C@H](c2ccccc2)[C@H]1c1ccc(-n2ccc(C)n2)cc1.CCOC(=O)[C@@H]1[C@H](c2ccccc2)[C@H]1c1ccc(Br)cc1.Cc1ccn(-c2ccc([C@H]3[C@H](C(=O)NO)[C@@H]3c3ccccc3)cc2)n1. The highest BCUT2D eigenvalue weighted by molar-refractivity contribution is 9.10. The Kier molecular flexibility index (Phi) is 15.4. The zero-order valence-corrected chi connectivity index (χ0v) is 42.2. The van der Waals surface area contributed by atoms with E-state index in [0.29, 0.717) is 13.2 Å². The molecule has 0 bridgehead atoms. The molecule has 0 saturated heterocycles. The first-order valence-corrected chi connectivity index (χ1v) is 25.3. The summed E-state index contributed by atoms with van der Waals surface area (Å²) in [7, 11) is 0. The first kappa shape index (κ1) is 49.6. The number of rotatable bonds is 13. The maximum absolute atomic E-state index is 12.4. The summed E-state index contributed by atoms with van der Waals surface area (Å²) in [4.78, 5) is 36.7. The van der Waals surface area contributed by atoms with Crippen molar-refractivity contribution in [2.24, 2.45) is 17.8 Å². The first-order chi connectivity index (χ1) is 35.1. The molecule has 12 heteroatoms. The van der Waals surface area contributed by atoms with Crippen LogP contribution in [0.4, 0.5) is 0 Å². The molecule has 11 nitrogen and oxygen atoms in total. The fourth-order valence-electron chi connectivity index (χ4n) is 10.4. The Morgan fingerprint density at radius 2 is 0.778 bits per heavy atom. The molecule has 3 fully saturated rings. The minimum absolute atomic E-state index is 0.0616. The van der Waals surface area contributed by atoms with Crippen LogP contribution in [0.1, 0.15) is 94.1 Å². The highest BCUT2D eigenvalue weighted by atomic mass is 79.9. The van der Waals surface area contributed by atoms with Gasteiger partial charge in [-0.3, -0.25) is 19.6 Å². The van der Waals surface area contributed by atoms with Crippen LogP contribution in [0, 0.1) is 31.6 Å². The van der Waals surface area contributed by atoms with Crippen molar-refractivity contribution in [2.75, 3.05) is 13.2 Å². The lowest BCUT2D eigenvalue weighted by Crippen LogP contribution is -2.21. The summed E-state index contributed by atoms with van der Waals surface area (Å²) in [5.41, 5.74) is 12.8. The molecule has 3 saturated carbocycles. The average molecular weight is 1030 g/mol. The number of nitrogens with zero attached hydrogens (tertiary/aromatic N) is 4. The Labute approximate surface area is 428 Å². The van der Waals surface area contributed by atoms with E-state index in [1.165, 1.54) is 22.3 Å². The van der Waals surface area contributed by atoms with Crippen molar-refractivity contribution in [3.05, 3.63) is 238 Å². The lowest BCUT2D eigenvalue weighted by atomic mass is 10.0. The summed E-state index contributed by atoms with van der Waals surface area (Å²) < 4.78 is 15.3. The van der Waals surface area contributed by atoms with Crippen molar-refractivity contribution in [3.63, 3.8) is 0 Å². The summed E-state index contributed by atoms with van der Waals surface area (Å²) in [6, 6.07) is 59.0. The number of hydrogen-bond acceptors (Lipinski definition) is 8. The van der Waals surface area contributed by atoms with E-state index in [1.807, 2.05) is 170 Å². The highest BCUT2D eigenvalue weighted by Gasteiger charge is 2.58. The molecule has 8 aromatic rings. The fraction of sp³-hybridized carbons (Fsp3) is 0.250. The summed E-state index contributed by atoms with van der Waals surface area (Å²) in [5, 5.41) is 17.9. The predicted molar refractivity (Wildman–Crippen MR) is 280 cm³/mol. The lowest BCUT2D eigenvalue weighted by molar-refractivity contribution is -0.145. The van der Waals surface area contributed by atoms with Crippen molar-refractivity contribution in [1.29, 1.82) is 0 Å². The lowest BCUT2D eigenvalue weighted by Gasteiger charge is -2.05. The number of esters is 2. The first-order valence-electron chi connectivity index (χ1n) is 24.5. The van der Waals surface area contributed by atoms with E-state index in [4.69, 9.17) is 14.7 Å². The van der Waals surface area contributed by atoms with Crippen molar-refractivity contribution >= 4 is 33.8 Å². The fourth-order valence-corrected chi connectivity index (χ4v) is 10.7. The number of nitrogens with one attached hydrogen (secondary N) is 1. The van der Waals surface area contributed by atoms with Crippen LogP contribution < -0.4 is 5.48 Å². The van der Waals surface area contributed by atoms with Crippen molar-refractivity contribution < 1.29 is 29.1 Å². The Bertz CT molecular complexity index is 3070. The molecule has 2 heterocycles. The summed E-state index contributed by atoms with van der Waals surface area (Å²) in [6.07, 6.45) is 3.88. The molecule has 1 amide bonds. The van der Waals surface area contributed by atoms with Gasteiger partial charge in [0.2, 0.25) is 5.91 Å². The number of amides is 1. The third-order valence-corrected chi connectivity index (χ3v) is 14.5. The summed E-state index contributed by atoms with van der Waals surface area (Å²) in [6.45, 7) is 8.49. The van der Waals surface area contributed by atoms with E-state index in [1.54, 1.807) is 0 Å². The summed E-state index contributed by atoms with van der Waals surface area (Å²) in [5.74, 6) is 0.0508. The topological polar surface area (TPSA) is 138 Å².